The second-order valence-electron chi connectivity index (χ2n) is 10.1. The van der Waals surface area contributed by atoms with Gasteiger partial charge in [-0.2, -0.15) is 0 Å². The molecule has 0 saturated carbocycles. The molecule has 2 aromatic carbocycles. The molecule has 0 unspecified atom stereocenters. The Morgan fingerprint density at radius 1 is 1.21 bits per heavy atom. The van der Waals surface area contributed by atoms with Gasteiger partial charge in [0.05, 0.1) is 39.2 Å². The van der Waals surface area contributed by atoms with Crippen molar-refractivity contribution in [2.24, 2.45) is 4.99 Å². The second kappa shape index (κ2) is 10.1. The van der Waals surface area contributed by atoms with Crippen LogP contribution in [0.25, 0.3) is 11.1 Å². The number of nitrogen functional groups attached to an aromatic ring is 1. The summed E-state index contributed by atoms with van der Waals surface area (Å²) in [7, 11) is 13.9. The van der Waals surface area contributed by atoms with Crippen LogP contribution >= 0.6 is 0 Å². The van der Waals surface area contributed by atoms with Crippen LogP contribution in [0.1, 0.15) is 41.0 Å². The van der Waals surface area contributed by atoms with E-state index in [4.69, 9.17) is 26.2 Å². The summed E-state index contributed by atoms with van der Waals surface area (Å²) in [5, 5.41) is -1.81. The number of hydrogen-bond acceptors (Lipinski definition) is 6. The lowest BCUT2D eigenvalue weighted by Crippen LogP contribution is -2.56. The summed E-state index contributed by atoms with van der Waals surface area (Å²) in [5.74, 6) is -1.79. The number of nitrogens with zero attached hydrogens (tertiary/aromatic N) is 4. The number of aromatic nitrogens is 1. The van der Waals surface area contributed by atoms with E-state index in [1.54, 1.807) is 25.2 Å². The lowest BCUT2D eigenvalue weighted by molar-refractivity contribution is 0.000566. The molecule has 1 saturated heterocycles. The van der Waals surface area contributed by atoms with Gasteiger partial charge in [-0.1, -0.05) is 0 Å². The first-order chi connectivity index (χ1) is 18.5. The number of likely N-dealkylation sites (tertiary alicyclic amines) is 1. The monoisotopic (exact) mass is 525 g/mol. The van der Waals surface area contributed by atoms with Gasteiger partial charge >= 0.3 is 0 Å². The van der Waals surface area contributed by atoms with Gasteiger partial charge in [-0.15, -0.1) is 0 Å². The summed E-state index contributed by atoms with van der Waals surface area (Å²) >= 11 is 0. The first-order valence-corrected chi connectivity index (χ1v) is 12.6. The van der Waals surface area contributed by atoms with E-state index in [1.807, 2.05) is 0 Å². The second-order valence-corrected chi connectivity index (χ2v) is 10.1. The number of pyridine rings is 1. The van der Waals surface area contributed by atoms with E-state index in [0.717, 1.165) is 18.0 Å². The van der Waals surface area contributed by atoms with E-state index in [0.29, 0.717) is 28.6 Å². The number of carbonyl (C=O) groups excluding carboxylic acids is 1. The molecule has 1 amide bonds. The largest absolute Gasteiger partial charge is 0.486 e. The number of carbonyl (C=O) groups is 1. The van der Waals surface area contributed by atoms with Crippen LogP contribution in [0.2, 0.25) is 0 Å². The van der Waals surface area contributed by atoms with Gasteiger partial charge in [0.15, 0.2) is 0 Å². The molecular formula is C28H27B2F2N5O2. The summed E-state index contributed by atoms with van der Waals surface area (Å²) in [4.78, 5) is 24.4. The first kappa shape index (κ1) is 26.9. The van der Waals surface area contributed by atoms with Crippen LogP contribution < -0.4 is 10.5 Å². The third kappa shape index (κ3) is 4.69. The molecule has 3 aromatic rings. The number of benzene rings is 2. The van der Waals surface area contributed by atoms with Gasteiger partial charge in [0.2, 0.25) is 0 Å². The number of hydrogen-bond donors (Lipinski definition) is 1. The molecule has 4 radical (unpaired) electrons. The first-order valence-electron chi connectivity index (χ1n) is 12.6. The number of ether oxygens (including phenoxy) is 1. The number of aliphatic imine (C=N–C) groups is 1. The molecule has 1 aromatic heterocycles. The Bertz CT molecular complexity index is 1450. The number of anilines is 1. The fraction of sp³-hybridized carbons (Fsp3) is 0.321. The maximum atomic E-state index is 15.4. The van der Waals surface area contributed by atoms with Crippen LogP contribution in [-0.2, 0) is 11.9 Å². The lowest BCUT2D eigenvalue weighted by Gasteiger charge is -2.41. The number of amides is 1. The highest BCUT2D eigenvalue weighted by Gasteiger charge is 2.43. The molecule has 2 aliphatic heterocycles. The van der Waals surface area contributed by atoms with Crippen molar-refractivity contribution in [1.29, 1.82) is 0 Å². The molecule has 5 rings (SSSR count). The fourth-order valence-electron chi connectivity index (χ4n) is 4.99. The lowest BCUT2D eigenvalue weighted by atomic mass is 9.59. The zero-order valence-corrected chi connectivity index (χ0v) is 22.0. The van der Waals surface area contributed by atoms with E-state index in [-0.39, 0.29) is 28.5 Å². The number of halogens is 2. The molecule has 11 heteroatoms. The highest BCUT2D eigenvalue weighted by atomic mass is 19.1. The Balaban J connectivity index is 1.44. The van der Waals surface area contributed by atoms with Crippen molar-refractivity contribution in [1.82, 2.24) is 14.8 Å². The molecule has 2 N–H and O–H groups in total. The SMILES string of the molecule is [B]C1([B])c2ncccc2C(=O)N1Cc1c(F)cc(-c2ccc(OC3CN(C(C)C)C3)c(N)c2C=NC)cc1F. The van der Waals surface area contributed by atoms with Gasteiger partial charge in [0.1, 0.15) is 23.5 Å². The van der Waals surface area contributed by atoms with Crippen LogP contribution in [-0.4, -0.2) is 74.9 Å². The Hall–Kier alpha value is -3.72. The minimum atomic E-state index is -1.81. The van der Waals surface area contributed by atoms with Crippen LogP contribution in [0.4, 0.5) is 14.5 Å². The molecule has 0 atom stereocenters. The Morgan fingerprint density at radius 2 is 1.90 bits per heavy atom. The predicted octanol–water partition coefficient (Wildman–Crippen LogP) is 3.23. The van der Waals surface area contributed by atoms with Crippen molar-refractivity contribution < 1.29 is 18.3 Å². The molecule has 0 bridgehead atoms. The maximum Gasteiger partial charge on any atom is 0.255 e. The number of nitrogens with two attached hydrogens (primary N) is 1. The molecule has 3 heterocycles. The quantitative estimate of drug-likeness (QED) is 0.291. The Kier molecular flexibility index (Phi) is 6.97. The third-order valence-corrected chi connectivity index (χ3v) is 7.28. The predicted molar refractivity (Wildman–Crippen MR) is 148 cm³/mol. The van der Waals surface area contributed by atoms with Crippen LogP contribution in [0, 0.1) is 11.6 Å². The van der Waals surface area contributed by atoms with Crippen molar-refractivity contribution in [3.05, 3.63) is 76.6 Å². The molecule has 0 spiro atoms. The summed E-state index contributed by atoms with van der Waals surface area (Å²) < 4.78 is 36.9. The topological polar surface area (TPSA) is 84.1 Å². The van der Waals surface area contributed by atoms with E-state index < -0.39 is 29.4 Å². The van der Waals surface area contributed by atoms with Gasteiger partial charge in [0.25, 0.3) is 5.91 Å². The highest BCUT2D eigenvalue weighted by molar-refractivity contribution is 6.42. The average molecular weight is 525 g/mol. The molecule has 7 nitrogen and oxygen atoms in total. The standard InChI is InChI=1S/C28H27B2F2N5O2/c1-15(2)36-12-17(13-36)39-24-7-6-18(20(11-34-3)25(24)33)16-9-22(31)21(23(32)10-16)14-37-27(38)19-5-4-8-35-26(19)28(37,29)30/h4-11,15,17H,12-14,33H2,1-3H3. The molecule has 196 valence electrons. The van der Waals surface area contributed by atoms with Crippen LogP contribution in [0.5, 0.6) is 5.75 Å². The van der Waals surface area contributed by atoms with Crippen molar-refractivity contribution in [3.8, 4) is 16.9 Å². The van der Waals surface area contributed by atoms with Crippen molar-refractivity contribution in [3.63, 3.8) is 0 Å². The highest BCUT2D eigenvalue weighted by Crippen LogP contribution is 2.38. The zero-order chi connectivity index (χ0) is 28.1. The van der Waals surface area contributed by atoms with Gasteiger partial charge in [-0.25, -0.2) is 8.78 Å². The Labute approximate surface area is 228 Å². The third-order valence-electron chi connectivity index (χ3n) is 7.28. The fourth-order valence-corrected chi connectivity index (χ4v) is 4.99. The van der Waals surface area contributed by atoms with E-state index >= 15 is 8.78 Å². The maximum absolute atomic E-state index is 15.4. The van der Waals surface area contributed by atoms with Crippen molar-refractivity contribution in [2.75, 3.05) is 25.9 Å². The minimum absolute atomic E-state index is 0.00739. The van der Waals surface area contributed by atoms with Crippen LogP contribution in [0.3, 0.4) is 0 Å². The molecule has 0 aliphatic carbocycles. The van der Waals surface area contributed by atoms with E-state index in [2.05, 4.69) is 28.7 Å². The van der Waals surface area contributed by atoms with Gasteiger partial charge < -0.3 is 15.4 Å². The Morgan fingerprint density at radius 3 is 2.51 bits per heavy atom. The smallest absolute Gasteiger partial charge is 0.255 e. The minimum Gasteiger partial charge on any atom is -0.486 e. The molecular weight excluding hydrogens is 498 g/mol. The van der Waals surface area contributed by atoms with Gasteiger partial charge in [-0.3, -0.25) is 19.7 Å². The summed E-state index contributed by atoms with van der Waals surface area (Å²) in [6.07, 6.45) is 2.99. The summed E-state index contributed by atoms with van der Waals surface area (Å²) in [6.45, 7) is 5.36. The molecule has 39 heavy (non-hydrogen) atoms. The summed E-state index contributed by atoms with van der Waals surface area (Å²) in [6, 6.07) is 9.30. The van der Waals surface area contributed by atoms with Gasteiger partial charge in [0, 0.05) is 55.1 Å². The summed E-state index contributed by atoms with van der Waals surface area (Å²) in [5.41, 5.74) is 7.97. The van der Waals surface area contributed by atoms with Crippen LogP contribution in [0.15, 0.2) is 47.6 Å². The van der Waals surface area contributed by atoms with E-state index in [9.17, 15) is 4.79 Å². The molecule has 2 aliphatic rings. The zero-order valence-electron chi connectivity index (χ0n) is 22.0. The number of fused-ring (bicyclic) bond motifs is 1. The van der Waals surface area contributed by atoms with Crippen molar-refractivity contribution >= 4 is 33.5 Å². The molecule has 1 fully saturated rings. The van der Waals surface area contributed by atoms with E-state index in [1.165, 1.54) is 30.6 Å². The average Bonchev–Trinajstić information content (AvgIpc) is 3.05. The number of rotatable bonds is 7. The van der Waals surface area contributed by atoms with Crippen molar-refractivity contribution in [2.45, 2.75) is 37.9 Å². The van der Waals surface area contributed by atoms with Gasteiger partial charge in [-0.05, 0) is 61.4 Å². The normalized spacial score (nSPS) is 17.2.